The highest BCUT2D eigenvalue weighted by molar-refractivity contribution is 6.38. The second-order valence-corrected chi connectivity index (χ2v) is 11.6. The Kier molecular flexibility index (Phi) is 10.7. The van der Waals surface area contributed by atoms with Gasteiger partial charge in [0, 0.05) is 64.2 Å². The number of rotatable bonds is 11. The maximum absolute atomic E-state index is 6.84. The number of benzene rings is 4. The summed E-state index contributed by atoms with van der Waals surface area (Å²) in [5.41, 5.74) is 8.74. The fourth-order valence-electron chi connectivity index (χ4n) is 5.47. The van der Waals surface area contributed by atoms with Crippen LogP contribution in [-0.2, 0) is 0 Å². The molecule has 0 bridgehead atoms. The van der Waals surface area contributed by atoms with Gasteiger partial charge in [-0.1, -0.05) is 104 Å². The zero-order valence-corrected chi connectivity index (χ0v) is 26.5. The first kappa shape index (κ1) is 30.6. The molecule has 0 fully saturated rings. The molecule has 218 valence electrons. The molecule has 0 amide bonds. The molecule has 4 heteroatoms. The zero-order chi connectivity index (χ0) is 30.0. The number of hydrogen-bond donors (Lipinski definition) is 0. The van der Waals surface area contributed by atoms with Crippen molar-refractivity contribution < 1.29 is 4.58 Å². The van der Waals surface area contributed by atoms with Gasteiger partial charge in [-0.3, -0.25) is 0 Å². The Morgan fingerprint density at radius 2 is 1.21 bits per heavy atom. The van der Waals surface area contributed by atoms with Crippen LogP contribution in [0.3, 0.4) is 0 Å². The minimum Gasteiger partial charge on any atom is -0.341 e. The van der Waals surface area contributed by atoms with E-state index in [1.54, 1.807) is 0 Å². The fourth-order valence-corrected chi connectivity index (χ4v) is 6.06. The molecule has 2 nitrogen and oxygen atoms in total. The molecule has 4 aromatic carbocycles. The first-order valence-electron chi connectivity index (χ1n) is 15.3. The van der Waals surface area contributed by atoms with Crippen LogP contribution >= 0.6 is 23.2 Å². The van der Waals surface area contributed by atoms with Crippen LogP contribution in [0.25, 0.3) is 5.57 Å². The van der Waals surface area contributed by atoms with Crippen LogP contribution in [-0.4, -0.2) is 23.4 Å². The average Bonchev–Trinajstić information content (AvgIpc) is 3.05. The van der Waals surface area contributed by atoms with Crippen LogP contribution in [0.1, 0.15) is 50.7 Å². The number of unbranched alkanes of at least 4 members (excludes halogenated alkanes) is 2. The van der Waals surface area contributed by atoms with Crippen LogP contribution < -0.4 is 4.90 Å². The van der Waals surface area contributed by atoms with Crippen molar-refractivity contribution in [3.05, 3.63) is 154 Å². The van der Waals surface area contributed by atoms with Crippen molar-refractivity contribution in [2.75, 3.05) is 18.0 Å². The van der Waals surface area contributed by atoms with E-state index in [0.29, 0.717) is 10.0 Å². The molecule has 0 unspecified atom stereocenters. The van der Waals surface area contributed by atoms with E-state index < -0.39 is 0 Å². The molecule has 0 N–H and O–H groups in total. The second kappa shape index (κ2) is 15.0. The van der Waals surface area contributed by atoms with Gasteiger partial charge < -0.3 is 4.90 Å². The highest BCUT2D eigenvalue weighted by Crippen LogP contribution is 2.39. The molecule has 0 saturated carbocycles. The van der Waals surface area contributed by atoms with Crippen molar-refractivity contribution in [3.8, 4) is 0 Å². The quantitative estimate of drug-likeness (QED) is 0.154. The Bertz CT molecular complexity index is 1590. The molecule has 5 rings (SSSR count). The average molecular weight is 607 g/mol. The van der Waals surface area contributed by atoms with Crippen LogP contribution in [0.15, 0.2) is 133 Å². The van der Waals surface area contributed by atoms with Crippen LogP contribution in [0.5, 0.6) is 0 Å². The van der Waals surface area contributed by atoms with E-state index in [1.807, 2.05) is 18.2 Å². The van der Waals surface area contributed by atoms with Gasteiger partial charge in [-0.05, 0) is 71.7 Å². The summed E-state index contributed by atoms with van der Waals surface area (Å²) in [5.74, 6) is 0. The van der Waals surface area contributed by atoms with E-state index in [9.17, 15) is 0 Å². The number of para-hydroxylation sites is 2. The maximum atomic E-state index is 6.84. The second-order valence-electron chi connectivity index (χ2n) is 10.7. The molecular formula is C39H39Cl2N2+. The third kappa shape index (κ3) is 7.39. The summed E-state index contributed by atoms with van der Waals surface area (Å²) in [5, 5.41) is 1.27. The lowest BCUT2D eigenvalue weighted by Crippen LogP contribution is -2.18. The molecule has 0 aliphatic heterocycles. The lowest BCUT2D eigenvalue weighted by Gasteiger charge is -2.25. The summed E-state index contributed by atoms with van der Waals surface area (Å²) in [4.78, 5) is 2.39. The summed E-state index contributed by atoms with van der Waals surface area (Å²) in [6, 6.07) is 35.7. The smallest absolute Gasteiger partial charge is 0.205 e. The van der Waals surface area contributed by atoms with Crippen molar-refractivity contribution >= 4 is 51.5 Å². The van der Waals surface area contributed by atoms with Gasteiger partial charge in [0.15, 0.2) is 0 Å². The SMILES string of the molecule is CCCCN(c1ccccc1)c1ccc(C(=C2C=CC(=[N+](CCCC)c3ccccc3)C=C2)c2c(Cl)cccc2Cl)cc1. The topological polar surface area (TPSA) is 6.25 Å². The molecule has 0 saturated heterocycles. The Morgan fingerprint density at radius 3 is 1.81 bits per heavy atom. The zero-order valence-electron chi connectivity index (χ0n) is 25.0. The Balaban J connectivity index is 1.59. The number of hydrogen-bond acceptors (Lipinski definition) is 1. The van der Waals surface area contributed by atoms with Crippen LogP contribution in [0.4, 0.5) is 17.1 Å². The Labute approximate surface area is 266 Å². The summed E-state index contributed by atoms with van der Waals surface area (Å²) >= 11 is 13.7. The van der Waals surface area contributed by atoms with E-state index in [1.165, 1.54) is 11.4 Å². The molecule has 0 radical (unpaired) electrons. The highest BCUT2D eigenvalue weighted by atomic mass is 35.5. The molecular weight excluding hydrogens is 567 g/mol. The summed E-state index contributed by atoms with van der Waals surface area (Å²) in [6.07, 6.45) is 13.3. The standard InChI is InChI=1S/C39H39Cl2N2/c1-3-5-28-42(32-14-9-7-10-15-32)34-24-20-30(21-25-34)38(39-36(40)18-13-19-37(39)41)31-22-26-35(27-23-31)43(29-6-4-2)33-16-11-8-12-17-33/h7-27H,3-6,28-29H2,1-2H3/q+1. The fraction of sp³-hybridized carbons (Fsp3) is 0.205. The minimum atomic E-state index is 0.637. The lowest BCUT2D eigenvalue weighted by atomic mass is 9.90. The van der Waals surface area contributed by atoms with Gasteiger partial charge in [0.05, 0.1) is 0 Å². The largest absolute Gasteiger partial charge is 0.341 e. The summed E-state index contributed by atoms with van der Waals surface area (Å²) in [6.45, 7) is 6.39. The predicted molar refractivity (Wildman–Crippen MR) is 187 cm³/mol. The number of nitrogens with zero attached hydrogens (tertiary/aromatic N) is 2. The van der Waals surface area contributed by atoms with Gasteiger partial charge in [0.2, 0.25) is 11.4 Å². The van der Waals surface area contributed by atoms with E-state index >= 15 is 0 Å². The molecule has 0 atom stereocenters. The van der Waals surface area contributed by atoms with Gasteiger partial charge in [-0.25, -0.2) is 0 Å². The van der Waals surface area contributed by atoms with Gasteiger partial charge in [-0.2, -0.15) is 4.58 Å². The van der Waals surface area contributed by atoms with E-state index in [0.717, 1.165) is 72.4 Å². The first-order valence-corrected chi connectivity index (χ1v) is 16.0. The first-order chi connectivity index (χ1) is 21.1. The third-order valence-electron chi connectivity index (χ3n) is 7.75. The molecule has 43 heavy (non-hydrogen) atoms. The summed E-state index contributed by atoms with van der Waals surface area (Å²) in [7, 11) is 0. The van der Waals surface area contributed by atoms with Crippen molar-refractivity contribution in [3.63, 3.8) is 0 Å². The van der Waals surface area contributed by atoms with Crippen molar-refractivity contribution in [2.24, 2.45) is 0 Å². The van der Waals surface area contributed by atoms with Gasteiger partial charge in [0.1, 0.15) is 6.54 Å². The lowest BCUT2D eigenvalue weighted by molar-refractivity contribution is -0.439. The van der Waals surface area contributed by atoms with Gasteiger partial charge in [0.25, 0.3) is 0 Å². The monoisotopic (exact) mass is 605 g/mol. The molecule has 0 spiro atoms. The number of halogens is 2. The Morgan fingerprint density at radius 1 is 0.628 bits per heavy atom. The van der Waals surface area contributed by atoms with Crippen molar-refractivity contribution in [1.29, 1.82) is 0 Å². The third-order valence-corrected chi connectivity index (χ3v) is 8.38. The number of allylic oxidation sites excluding steroid dienone is 5. The molecule has 4 aromatic rings. The molecule has 0 heterocycles. The minimum absolute atomic E-state index is 0.637. The van der Waals surface area contributed by atoms with Crippen molar-refractivity contribution in [1.82, 2.24) is 0 Å². The van der Waals surface area contributed by atoms with Gasteiger partial charge in [-0.15, -0.1) is 0 Å². The molecule has 0 aromatic heterocycles. The van der Waals surface area contributed by atoms with Crippen LogP contribution in [0.2, 0.25) is 10.0 Å². The Hall–Kier alpha value is -3.85. The normalized spacial score (nSPS) is 12.5. The van der Waals surface area contributed by atoms with Gasteiger partial charge >= 0.3 is 0 Å². The highest BCUT2D eigenvalue weighted by Gasteiger charge is 2.20. The summed E-state index contributed by atoms with van der Waals surface area (Å²) < 4.78 is 2.39. The number of anilines is 2. The van der Waals surface area contributed by atoms with E-state index in [4.69, 9.17) is 23.2 Å². The molecule has 1 aliphatic carbocycles. The predicted octanol–water partition coefficient (Wildman–Crippen LogP) is 11.4. The maximum Gasteiger partial charge on any atom is 0.205 e. The molecule has 1 aliphatic rings. The van der Waals surface area contributed by atoms with E-state index in [2.05, 4.69) is 133 Å². The van der Waals surface area contributed by atoms with Crippen LogP contribution in [0, 0.1) is 0 Å². The van der Waals surface area contributed by atoms with E-state index in [-0.39, 0.29) is 0 Å². The van der Waals surface area contributed by atoms with Crippen molar-refractivity contribution in [2.45, 2.75) is 39.5 Å².